The molecule has 1 atom stereocenters. The molecule has 0 aliphatic heterocycles. The van der Waals surface area contributed by atoms with E-state index in [1.807, 2.05) is 30.3 Å². The van der Waals surface area contributed by atoms with Crippen molar-refractivity contribution in [3.05, 3.63) is 65.7 Å². The summed E-state index contributed by atoms with van der Waals surface area (Å²) in [7, 11) is 0. The molecule has 1 amide bonds. The van der Waals surface area contributed by atoms with Gasteiger partial charge in [-0.2, -0.15) is 5.26 Å². The summed E-state index contributed by atoms with van der Waals surface area (Å²) in [6.07, 6.45) is 1.38. The second kappa shape index (κ2) is 6.31. The molecule has 0 aromatic heterocycles. The smallest absolute Gasteiger partial charge is 0.266 e. The molecule has 1 fully saturated rings. The quantitative estimate of drug-likeness (QED) is 0.921. The highest BCUT2D eigenvalue weighted by Gasteiger charge is 2.29. The Balaban J connectivity index is 1.80. The van der Waals surface area contributed by atoms with Gasteiger partial charge in [0, 0.05) is 11.6 Å². The summed E-state index contributed by atoms with van der Waals surface area (Å²) in [6, 6.07) is 18.5. The zero-order chi connectivity index (χ0) is 15.4. The number of hydrogen-bond acceptors (Lipinski definition) is 3. The molecule has 4 nitrogen and oxygen atoms in total. The van der Waals surface area contributed by atoms with Gasteiger partial charge in [-0.3, -0.25) is 4.79 Å². The summed E-state index contributed by atoms with van der Waals surface area (Å²) in [5.41, 5.74) is 1.37. The largest absolute Gasteiger partial charge is 0.476 e. The zero-order valence-electron chi connectivity index (χ0n) is 12.0. The molecule has 3 rings (SSSR count). The first-order chi connectivity index (χ1) is 10.8. The van der Waals surface area contributed by atoms with E-state index in [4.69, 9.17) is 10.00 Å². The van der Waals surface area contributed by atoms with E-state index >= 15 is 0 Å². The Morgan fingerprint density at radius 1 is 1.14 bits per heavy atom. The average Bonchev–Trinajstić information content (AvgIpc) is 3.38. The molecular weight excluding hydrogens is 276 g/mol. The van der Waals surface area contributed by atoms with Gasteiger partial charge in [-0.1, -0.05) is 30.3 Å². The van der Waals surface area contributed by atoms with Gasteiger partial charge in [-0.25, -0.2) is 0 Å². The second-order valence-electron chi connectivity index (χ2n) is 5.33. The number of carbonyl (C=O) groups is 1. The van der Waals surface area contributed by atoms with E-state index in [1.54, 1.807) is 24.3 Å². The van der Waals surface area contributed by atoms with Crippen LogP contribution < -0.4 is 10.1 Å². The molecule has 0 radical (unpaired) electrons. The zero-order valence-corrected chi connectivity index (χ0v) is 12.0. The molecule has 1 aliphatic carbocycles. The van der Waals surface area contributed by atoms with Crippen LogP contribution >= 0.6 is 0 Å². The van der Waals surface area contributed by atoms with Crippen molar-refractivity contribution in [2.24, 2.45) is 0 Å². The number of nitrogens with one attached hydrogen (secondary N) is 1. The summed E-state index contributed by atoms with van der Waals surface area (Å²) in [5.74, 6) is 0.442. The third-order valence-electron chi connectivity index (χ3n) is 3.50. The molecule has 4 heteroatoms. The van der Waals surface area contributed by atoms with Crippen molar-refractivity contribution >= 4 is 5.91 Å². The monoisotopic (exact) mass is 292 g/mol. The summed E-state index contributed by atoms with van der Waals surface area (Å²) in [5, 5.41) is 11.8. The van der Waals surface area contributed by atoms with Crippen LogP contribution in [0, 0.1) is 11.3 Å². The van der Waals surface area contributed by atoms with Gasteiger partial charge in [0.2, 0.25) is 6.10 Å². The number of carbonyl (C=O) groups excluding carboxylic acids is 1. The lowest BCUT2D eigenvalue weighted by Crippen LogP contribution is -2.33. The summed E-state index contributed by atoms with van der Waals surface area (Å²) >= 11 is 0. The maximum absolute atomic E-state index is 12.4. The predicted molar refractivity (Wildman–Crippen MR) is 82.1 cm³/mol. The van der Waals surface area contributed by atoms with Gasteiger partial charge in [0.1, 0.15) is 5.75 Å². The molecule has 1 aliphatic rings. The van der Waals surface area contributed by atoms with Crippen LogP contribution in [0.3, 0.4) is 0 Å². The minimum Gasteiger partial charge on any atom is -0.476 e. The number of rotatable bonds is 5. The predicted octanol–water partition coefficient (Wildman–Crippen LogP) is 2.96. The highest BCUT2D eigenvalue weighted by Crippen LogP contribution is 2.25. The van der Waals surface area contributed by atoms with Gasteiger partial charge in [0.15, 0.2) is 0 Å². The minimum atomic E-state index is -0.685. The van der Waals surface area contributed by atoms with E-state index in [0.717, 1.165) is 18.4 Å². The Bertz CT molecular complexity index is 685. The molecule has 110 valence electrons. The van der Waals surface area contributed by atoms with Crippen LogP contribution in [0.25, 0.3) is 0 Å². The maximum atomic E-state index is 12.4. The molecule has 1 N–H and O–H groups in total. The van der Waals surface area contributed by atoms with Crippen molar-refractivity contribution in [3.8, 4) is 11.8 Å². The van der Waals surface area contributed by atoms with Crippen molar-refractivity contribution in [2.45, 2.75) is 25.0 Å². The topological polar surface area (TPSA) is 62.1 Å². The first kappa shape index (κ1) is 14.2. The summed E-state index contributed by atoms with van der Waals surface area (Å²) in [4.78, 5) is 12.4. The van der Waals surface area contributed by atoms with Crippen molar-refractivity contribution in [1.82, 2.24) is 5.32 Å². The van der Waals surface area contributed by atoms with Crippen molar-refractivity contribution in [2.75, 3.05) is 0 Å². The summed E-state index contributed by atoms with van der Waals surface area (Å²) in [6.45, 7) is 0. The van der Waals surface area contributed by atoms with Crippen LogP contribution in [0.4, 0.5) is 0 Å². The standard InChI is InChI=1S/C18H16N2O2/c19-12-13-6-10-16(11-7-13)22-17(14-4-2-1-3-5-14)18(21)20-15-8-9-15/h1-7,10-11,15,17H,8-9H2,(H,20,21)/t17-/m0/s1. The molecule has 0 bridgehead atoms. The SMILES string of the molecule is N#Cc1ccc(O[C@H](C(=O)NC2CC2)c2ccccc2)cc1. The first-order valence-electron chi connectivity index (χ1n) is 7.28. The molecule has 2 aromatic carbocycles. The number of amides is 1. The third kappa shape index (κ3) is 3.44. The lowest BCUT2D eigenvalue weighted by Gasteiger charge is -2.19. The Hall–Kier alpha value is -2.80. The molecule has 0 heterocycles. The highest BCUT2D eigenvalue weighted by molar-refractivity contribution is 5.83. The lowest BCUT2D eigenvalue weighted by atomic mass is 10.1. The van der Waals surface area contributed by atoms with E-state index in [-0.39, 0.29) is 11.9 Å². The summed E-state index contributed by atoms with van der Waals surface area (Å²) < 4.78 is 5.87. The molecule has 2 aromatic rings. The molecule has 0 saturated heterocycles. The minimum absolute atomic E-state index is 0.127. The molecule has 22 heavy (non-hydrogen) atoms. The molecule has 0 unspecified atom stereocenters. The van der Waals surface area contributed by atoms with Gasteiger partial charge in [0.05, 0.1) is 11.6 Å². The van der Waals surface area contributed by atoms with E-state index < -0.39 is 6.10 Å². The van der Waals surface area contributed by atoms with Crippen LogP contribution in [0.15, 0.2) is 54.6 Å². The Kier molecular flexibility index (Phi) is 4.06. The Morgan fingerprint density at radius 2 is 1.82 bits per heavy atom. The van der Waals surface area contributed by atoms with E-state index in [0.29, 0.717) is 11.3 Å². The van der Waals surface area contributed by atoms with Gasteiger partial charge < -0.3 is 10.1 Å². The number of nitriles is 1. The van der Waals surface area contributed by atoms with Gasteiger partial charge in [0.25, 0.3) is 5.91 Å². The Morgan fingerprint density at radius 3 is 2.41 bits per heavy atom. The number of ether oxygens (including phenoxy) is 1. The molecule has 1 saturated carbocycles. The van der Waals surface area contributed by atoms with E-state index in [9.17, 15) is 4.79 Å². The average molecular weight is 292 g/mol. The number of nitrogens with zero attached hydrogens (tertiary/aromatic N) is 1. The van der Waals surface area contributed by atoms with Crippen molar-refractivity contribution in [1.29, 1.82) is 5.26 Å². The van der Waals surface area contributed by atoms with Gasteiger partial charge >= 0.3 is 0 Å². The number of hydrogen-bond donors (Lipinski definition) is 1. The fraction of sp³-hybridized carbons (Fsp3) is 0.222. The molecule has 0 spiro atoms. The molecular formula is C18H16N2O2. The van der Waals surface area contributed by atoms with Gasteiger partial charge in [-0.15, -0.1) is 0 Å². The van der Waals surface area contributed by atoms with E-state index in [2.05, 4.69) is 11.4 Å². The number of benzene rings is 2. The highest BCUT2D eigenvalue weighted by atomic mass is 16.5. The van der Waals surface area contributed by atoms with E-state index in [1.165, 1.54) is 0 Å². The van der Waals surface area contributed by atoms with Crippen molar-refractivity contribution < 1.29 is 9.53 Å². The van der Waals surface area contributed by atoms with Crippen molar-refractivity contribution in [3.63, 3.8) is 0 Å². The fourth-order valence-electron chi connectivity index (χ4n) is 2.15. The van der Waals surface area contributed by atoms with Gasteiger partial charge in [-0.05, 0) is 37.1 Å². The van der Waals surface area contributed by atoms with Crippen LogP contribution in [-0.2, 0) is 4.79 Å². The van der Waals surface area contributed by atoms with Crippen LogP contribution in [0.1, 0.15) is 30.1 Å². The van der Waals surface area contributed by atoms with Crippen LogP contribution in [0.5, 0.6) is 5.75 Å². The maximum Gasteiger partial charge on any atom is 0.266 e. The third-order valence-corrected chi connectivity index (χ3v) is 3.50. The van der Waals surface area contributed by atoms with Crippen LogP contribution in [-0.4, -0.2) is 11.9 Å². The first-order valence-corrected chi connectivity index (χ1v) is 7.28. The lowest BCUT2D eigenvalue weighted by molar-refractivity contribution is -0.128. The Labute approximate surface area is 129 Å². The van der Waals surface area contributed by atoms with Crippen LogP contribution in [0.2, 0.25) is 0 Å². The second-order valence-corrected chi connectivity index (χ2v) is 5.33. The fourth-order valence-corrected chi connectivity index (χ4v) is 2.15. The normalized spacial score (nSPS) is 14.7.